The lowest BCUT2D eigenvalue weighted by atomic mass is 10.1. The number of hydrogen-bond donors (Lipinski definition) is 0. The summed E-state index contributed by atoms with van der Waals surface area (Å²) in [6.45, 7) is 4.41. The molecule has 0 aliphatic heterocycles. The maximum atomic E-state index is 11.6. The van der Waals surface area contributed by atoms with Gasteiger partial charge in [0.2, 0.25) is 0 Å². The number of benzene rings is 1. The van der Waals surface area contributed by atoms with Gasteiger partial charge < -0.3 is 14.5 Å². The molecule has 1 aromatic carbocycles. The standard InChI is InChI=1S/C19H22ClN3O3/c1-13-6-5-7-17(21-13)12-26-22-14(2)15-8-9-18(20)16(10-15)11-23(3)19(24)25-4/h5-10H,11-12H2,1-4H3. The lowest BCUT2D eigenvalue weighted by Crippen LogP contribution is -2.26. The van der Waals surface area contributed by atoms with Crippen LogP contribution in [0, 0.1) is 6.92 Å². The molecule has 0 atom stereocenters. The Labute approximate surface area is 158 Å². The fourth-order valence-electron chi connectivity index (χ4n) is 2.32. The fraction of sp³-hybridized carbons (Fsp3) is 0.316. The van der Waals surface area contributed by atoms with Crippen molar-refractivity contribution in [3.63, 3.8) is 0 Å². The number of rotatable bonds is 6. The van der Waals surface area contributed by atoms with E-state index >= 15 is 0 Å². The molecule has 26 heavy (non-hydrogen) atoms. The summed E-state index contributed by atoms with van der Waals surface area (Å²) in [5.41, 5.74) is 4.12. The average Bonchev–Trinajstić information content (AvgIpc) is 2.62. The molecule has 0 saturated carbocycles. The van der Waals surface area contributed by atoms with E-state index in [0.29, 0.717) is 23.9 Å². The minimum Gasteiger partial charge on any atom is -0.453 e. The molecule has 0 aliphatic rings. The van der Waals surface area contributed by atoms with Gasteiger partial charge in [-0.05, 0) is 49.2 Å². The lowest BCUT2D eigenvalue weighted by Gasteiger charge is -2.17. The SMILES string of the molecule is COC(=O)N(C)Cc1cc(C(C)=NOCc2cccc(C)n2)ccc1Cl. The number of oxime groups is 1. The van der Waals surface area contributed by atoms with Gasteiger partial charge in [-0.3, -0.25) is 4.98 Å². The number of methoxy groups -OCH3 is 1. The van der Waals surface area contributed by atoms with Gasteiger partial charge >= 0.3 is 6.09 Å². The van der Waals surface area contributed by atoms with Gasteiger partial charge in [0.25, 0.3) is 0 Å². The van der Waals surface area contributed by atoms with Crippen molar-refractivity contribution >= 4 is 23.4 Å². The van der Waals surface area contributed by atoms with Gasteiger partial charge in [-0.2, -0.15) is 0 Å². The van der Waals surface area contributed by atoms with Gasteiger partial charge in [0, 0.05) is 17.8 Å². The van der Waals surface area contributed by atoms with Crippen LogP contribution < -0.4 is 0 Å². The van der Waals surface area contributed by atoms with Gasteiger partial charge in [0.1, 0.15) is 0 Å². The van der Waals surface area contributed by atoms with Crippen LogP contribution in [-0.4, -0.2) is 35.8 Å². The molecule has 0 saturated heterocycles. The highest BCUT2D eigenvalue weighted by Gasteiger charge is 2.12. The third kappa shape index (κ3) is 5.46. The molecular formula is C19H22ClN3O3. The molecule has 0 N–H and O–H groups in total. The van der Waals surface area contributed by atoms with Gasteiger partial charge in [0.15, 0.2) is 6.61 Å². The maximum absolute atomic E-state index is 11.6. The first-order valence-corrected chi connectivity index (χ1v) is 8.45. The van der Waals surface area contributed by atoms with Crippen LogP contribution in [0.1, 0.15) is 29.4 Å². The predicted molar refractivity (Wildman–Crippen MR) is 101 cm³/mol. The molecule has 0 radical (unpaired) electrons. The minimum absolute atomic E-state index is 0.296. The van der Waals surface area contributed by atoms with Crippen molar-refractivity contribution in [2.75, 3.05) is 14.2 Å². The lowest BCUT2D eigenvalue weighted by molar-refractivity contribution is 0.127. The molecule has 0 fully saturated rings. The van der Waals surface area contributed by atoms with E-state index in [1.54, 1.807) is 13.1 Å². The Bertz CT molecular complexity index is 808. The number of pyridine rings is 1. The normalized spacial score (nSPS) is 11.2. The quantitative estimate of drug-likeness (QED) is 0.561. The molecule has 7 heteroatoms. The molecule has 1 aromatic heterocycles. The van der Waals surface area contributed by atoms with Crippen molar-refractivity contribution in [3.05, 3.63) is 63.9 Å². The van der Waals surface area contributed by atoms with Gasteiger partial charge in [-0.25, -0.2) is 4.79 Å². The average molecular weight is 376 g/mol. The second-order valence-electron chi connectivity index (χ2n) is 5.85. The van der Waals surface area contributed by atoms with Gasteiger partial charge in [-0.15, -0.1) is 0 Å². The Morgan fingerprint density at radius 1 is 1.31 bits per heavy atom. The first-order valence-electron chi connectivity index (χ1n) is 8.07. The number of ether oxygens (including phenoxy) is 1. The number of hydrogen-bond acceptors (Lipinski definition) is 5. The largest absolute Gasteiger partial charge is 0.453 e. The Morgan fingerprint density at radius 2 is 2.08 bits per heavy atom. The number of aromatic nitrogens is 1. The van der Waals surface area contributed by atoms with Crippen LogP contribution in [0.4, 0.5) is 4.79 Å². The molecular weight excluding hydrogens is 354 g/mol. The number of carbonyl (C=O) groups excluding carboxylic acids is 1. The smallest absolute Gasteiger partial charge is 0.409 e. The Morgan fingerprint density at radius 3 is 2.77 bits per heavy atom. The number of nitrogens with zero attached hydrogens (tertiary/aromatic N) is 3. The summed E-state index contributed by atoms with van der Waals surface area (Å²) >= 11 is 6.23. The van der Waals surface area contributed by atoms with E-state index in [1.165, 1.54) is 12.0 Å². The third-order valence-corrected chi connectivity index (χ3v) is 4.09. The summed E-state index contributed by atoms with van der Waals surface area (Å²) in [4.78, 5) is 22.8. The number of carbonyl (C=O) groups is 1. The molecule has 2 aromatic rings. The number of aryl methyl sites for hydroxylation is 1. The summed E-state index contributed by atoms with van der Waals surface area (Å²) in [7, 11) is 2.99. The molecule has 0 aliphatic carbocycles. The summed E-state index contributed by atoms with van der Waals surface area (Å²) in [6.07, 6.45) is -0.425. The van der Waals surface area contributed by atoms with E-state index in [-0.39, 0.29) is 0 Å². The van der Waals surface area contributed by atoms with Crippen LogP contribution in [-0.2, 0) is 22.7 Å². The van der Waals surface area contributed by atoms with Crippen LogP contribution >= 0.6 is 11.6 Å². The van der Waals surface area contributed by atoms with Crippen molar-refractivity contribution in [1.29, 1.82) is 0 Å². The van der Waals surface area contributed by atoms with Crippen molar-refractivity contribution < 1.29 is 14.4 Å². The second-order valence-corrected chi connectivity index (χ2v) is 6.26. The van der Waals surface area contributed by atoms with E-state index in [2.05, 4.69) is 10.1 Å². The first kappa shape index (κ1) is 19.7. The fourth-order valence-corrected chi connectivity index (χ4v) is 2.50. The molecule has 138 valence electrons. The Kier molecular flexibility index (Phi) is 6.97. The predicted octanol–water partition coefficient (Wildman–Crippen LogP) is 4.18. The Balaban J connectivity index is 2.07. The van der Waals surface area contributed by atoms with Crippen molar-refractivity contribution in [1.82, 2.24) is 9.88 Å². The second kappa shape index (κ2) is 9.20. The molecule has 0 spiro atoms. The Hall–Kier alpha value is -2.60. The zero-order valence-electron chi connectivity index (χ0n) is 15.3. The summed E-state index contributed by atoms with van der Waals surface area (Å²) in [5.74, 6) is 0. The van der Waals surface area contributed by atoms with E-state index < -0.39 is 6.09 Å². The number of amides is 1. The molecule has 0 unspecified atom stereocenters. The van der Waals surface area contributed by atoms with Crippen molar-refractivity contribution in [2.45, 2.75) is 27.0 Å². The molecule has 6 nitrogen and oxygen atoms in total. The van der Waals surface area contributed by atoms with E-state index in [1.807, 2.05) is 44.2 Å². The first-order chi connectivity index (χ1) is 12.4. The highest BCUT2D eigenvalue weighted by Crippen LogP contribution is 2.20. The maximum Gasteiger partial charge on any atom is 0.409 e. The highest BCUT2D eigenvalue weighted by molar-refractivity contribution is 6.31. The van der Waals surface area contributed by atoms with Gasteiger partial charge in [0.05, 0.1) is 25.1 Å². The molecule has 1 heterocycles. The number of halogens is 1. The van der Waals surface area contributed by atoms with E-state index in [4.69, 9.17) is 21.2 Å². The van der Waals surface area contributed by atoms with Crippen molar-refractivity contribution in [2.24, 2.45) is 5.16 Å². The summed E-state index contributed by atoms with van der Waals surface area (Å²) < 4.78 is 4.70. The van der Waals surface area contributed by atoms with Crippen LogP contribution in [0.5, 0.6) is 0 Å². The van der Waals surface area contributed by atoms with Crippen LogP contribution in [0.25, 0.3) is 0 Å². The third-order valence-electron chi connectivity index (χ3n) is 3.72. The van der Waals surface area contributed by atoms with Crippen LogP contribution in [0.3, 0.4) is 0 Å². The van der Waals surface area contributed by atoms with E-state index in [9.17, 15) is 4.79 Å². The molecule has 0 bridgehead atoms. The zero-order chi connectivity index (χ0) is 19.1. The summed E-state index contributed by atoms with van der Waals surface area (Å²) in [5, 5.41) is 4.72. The van der Waals surface area contributed by atoms with Gasteiger partial charge in [-0.1, -0.05) is 28.9 Å². The van der Waals surface area contributed by atoms with Crippen LogP contribution in [0.15, 0.2) is 41.6 Å². The zero-order valence-corrected chi connectivity index (χ0v) is 16.1. The molecule has 2 rings (SSSR count). The van der Waals surface area contributed by atoms with Crippen LogP contribution in [0.2, 0.25) is 5.02 Å². The molecule has 1 amide bonds. The minimum atomic E-state index is -0.425. The summed E-state index contributed by atoms with van der Waals surface area (Å²) in [6, 6.07) is 11.3. The van der Waals surface area contributed by atoms with E-state index in [0.717, 1.165) is 22.5 Å². The monoisotopic (exact) mass is 375 g/mol. The topological polar surface area (TPSA) is 64.0 Å². The van der Waals surface area contributed by atoms with Crippen molar-refractivity contribution in [3.8, 4) is 0 Å². The highest BCUT2D eigenvalue weighted by atomic mass is 35.5.